The molecule has 0 radical (unpaired) electrons. The molecule has 0 saturated heterocycles. The average Bonchev–Trinajstić information content (AvgIpc) is 3.28. The number of amides is 2. The molecular formula is C21H18F3N5O4. The van der Waals surface area contributed by atoms with E-state index in [4.69, 9.17) is 4.42 Å². The Labute approximate surface area is 184 Å². The molecule has 2 heterocycles. The second-order valence-electron chi connectivity index (χ2n) is 7.48. The van der Waals surface area contributed by atoms with Crippen LogP contribution in [-0.4, -0.2) is 52.0 Å². The van der Waals surface area contributed by atoms with Crippen LogP contribution in [0.4, 0.5) is 13.2 Å². The number of oxazole rings is 1. The Balaban J connectivity index is 1.49. The lowest BCUT2D eigenvalue weighted by Gasteiger charge is -2.20. The van der Waals surface area contributed by atoms with Gasteiger partial charge in [0.05, 0.1) is 18.4 Å². The van der Waals surface area contributed by atoms with E-state index in [1.54, 1.807) is 24.3 Å². The van der Waals surface area contributed by atoms with Crippen molar-refractivity contribution in [1.29, 1.82) is 0 Å². The second-order valence-corrected chi connectivity index (χ2v) is 7.48. The third kappa shape index (κ3) is 5.10. The summed E-state index contributed by atoms with van der Waals surface area (Å²) in [5.41, 5.74) is 1.27. The largest absolute Gasteiger partial charge is 0.431 e. The standard InChI is InChI=1S/C21H18F3N5O4/c22-21(23,24)17(11-4-5-11)27-18(31)15-9-14(28-29-15)12-2-1-3-13(8-12)20-26-10-16(33-20)19(32)25-6-7-30/h1-3,7-11,17H,4-6H2,(H,25,32)(H,27,31)(H,28,29). The fraction of sp³-hybridized carbons (Fsp3) is 0.286. The lowest BCUT2D eigenvalue weighted by atomic mass is 10.1. The van der Waals surface area contributed by atoms with E-state index in [9.17, 15) is 27.6 Å². The number of carbonyl (C=O) groups is 3. The number of hydrogen-bond donors (Lipinski definition) is 3. The topological polar surface area (TPSA) is 130 Å². The van der Waals surface area contributed by atoms with Crippen molar-refractivity contribution in [2.24, 2.45) is 5.92 Å². The Morgan fingerprint density at radius 2 is 1.97 bits per heavy atom. The van der Waals surface area contributed by atoms with Crippen molar-refractivity contribution in [2.75, 3.05) is 6.54 Å². The van der Waals surface area contributed by atoms with Crippen LogP contribution in [-0.2, 0) is 4.79 Å². The summed E-state index contributed by atoms with van der Waals surface area (Å²) in [5, 5.41) is 10.9. The number of aldehydes is 1. The van der Waals surface area contributed by atoms with Gasteiger partial charge >= 0.3 is 6.18 Å². The van der Waals surface area contributed by atoms with Gasteiger partial charge in [-0.05, 0) is 37.0 Å². The summed E-state index contributed by atoms with van der Waals surface area (Å²) in [4.78, 5) is 38.6. The maximum absolute atomic E-state index is 13.2. The third-order valence-electron chi connectivity index (χ3n) is 5.04. The zero-order chi connectivity index (χ0) is 23.6. The summed E-state index contributed by atoms with van der Waals surface area (Å²) < 4.78 is 45.0. The third-order valence-corrected chi connectivity index (χ3v) is 5.04. The van der Waals surface area contributed by atoms with Gasteiger partial charge in [-0.1, -0.05) is 12.1 Å². The number of H-pyrrole nitrogens is 1. The number of nitrogens with zero attached hydrogens (tertiary/aromatic N) is 2. The highest BCUT2D eigenvalue weighted by molar-refractivity contribution is 5.94. The zero-order valence-electron chi connectivity index (χ0n) is 17.0. The first-order chi connectivity index (χ1) is 15.8. The minimum absolute atomic E-state index is 0.0779. The van der Waals surface area contributed by atoms with Gasteiger partial charge in [0.1, 0.15) is 18.0 Å². The Bertz CT molecular complexity index is 1180. The summed E-state index contributed by atoms with van der Waals surface area (Å²) in [5.74, 6) is -2.02. The highest BCUT2D eigenvalue weighted by atomic mass is 19.4. The van der Waals surface area contributed by atoms with E-state index in [1.807, 2.05) is 5.32 Å². The monoisotopic (exact) mass is 461 g/mol. The molecule has 12 heteroatoms. The van der Waals surface area contributed by atoms with Crippen LogP contribution in [0.3, 0.4) is 0 Å². The number of aromatic amines is 1. The molecule has 1 atom stereocenters. The van der Waals surface area contributed by atoms with Crippen molar-refractivity contribution in [3.05, 3.63) is 48.0 Å². The van der Waals surface area contributed by atoms with Crippen molar-refractivity contribution in [1.82, 2.24) is 25.8 Å². The first kappa shape index (κ1) is 22.2. The normalized spacial score (nSPS) is 14.5. The molecule has 1 fully saturated rings. The minimum atomic E-state index is -4.52. The number of hydrogen-bond acceptors (Lipinski definition) is 6. The Morgan fingerprint density at radius 3 is 2.67 bits per heavy atom. The highest BCUT2D eigenvalue weighted by Gasteiger charge is 2.49. The van der Waals surface area contributed by atoms with Crippen molar-refractivity contribution in [2.45, 2.75) is 25.1 Å². The van der Waals surface area contributed by atoms with Crippen LogP contribution in [0.15, 0.2) is 40.9 Å². The number of nitrogens with one attached hydrogen (secondary N) is 3. The highest BCUT2D eigenvalue weighted by Crippen LogP contribution is 2.40. The van der Waals surface area contributed by atoms with E-state index in [0.29, 0.717) is 35.9 Å². The molecule has 3 aromatic rings. The van der Waals surface area contributed by atoms with Crippen LogP contribution in [0.1, 0.15) is 33.9 Å². The van der Waals surface area contributed by atoms with E-state index < -0.39 is 30.0 Å². The van der Waals surface area contributed by atoms with E-state index in [0.717, 1.165) is 0 Å². The quantitative estimate of drug-likeness (QED) is 0.443. The van der Waals surface area contributed by atoms with Gasteiger partial charge in [-0.3, -0.25) is 14.7 Å². The molecule has 1 aliphatic carbocycles. The molecule has 3 N–H and O–H groups in total. The maximum Gasteiger partial charge on any atom is 0.408 e. The van der Waals surface area contributed by atoms with Crippen molar-refractivity contribution >= 4 is 18.1 Å². The molecule has 1 unspecified atom stereocenters. The SMILES string of the molecule is O=CCNC(=O)c1cnc(-c2cccc(-c3cc(C(=O)NC(C4CC4)C(F)(F)F)[nH]n3)c2)o1. The van der Waals surface area contributed by atoms with Gasteiger partial charge in [0.15, 0.2) is 0 Å². The van der Waals surface area contributed by atoms with Crippen molar-refractivity contribution < 1.29 is 32.0 Å². The smallest absolute Gasteiger partial charge is 0.408 e. The molecule has 1 aliphatic rings. The van der Waals surface area contributed by atoms with Crippen LogP contribution >= 0.6 is 0 Å². The van der Waals surface area contributed by atoms with Crippen molar-refractivity contribution in [3.8, 4) is 22.7 Å². The molecule has 0 bridgehead atoms. The molecule has 33 heavy (non-hydrogen) atoms. The number of carbonyl (C=O) groups excluding carboxylic acids is 3. The van der Waals surface area contributed by atoms with Gasteiger partial charge < -0.3 is 19.8 Å². The van der Waals surface area contributed by atoms with Gasteiger partial charge in [0, 0.05) is 11.1 Å². The minimum Gasteiger partial charge on any atom is -0.431 e. The van der Waals surface area contributed by atoms with Crippen LogP contribution in [0.2, 0.25) is 0 Å². The molecule has 0 spiro atoms. The predicted octanol–water partition coefficient (Wildman–Crippen LogP) is 2.73. The summed E-state index contributed by atoms with van der Waals surface area (Å²) in [6, 6.07) is 6.13. The summed E-state index contributed by atoms with van der Waals surface area (Å²) in [6.07, 6.45) is -1.92. The lowest BCUT2D eigenvalue weighted by molar-refractivity contribution is -0.158. The van der Waals surface area contributed by atoms with E-state index in [2.05, 4.69) is 20.5 Å². The average molecular weight is 461 g/mol. The molecule has 0 aliphatic heterocycles. The molecule has 2 aromatic heterocycles. The number of rotatable bonds is 8. The number of halogens is 3. The molecule has 9 nitrogen and oxygen atoms in total. The molecule has 1 saturated carbocycles. The first-order valence-electron chi connectivity index (χ1n) is 9.97. The van der Waals surface area contributed by atoms with Gasteiger partial charge in [0.25, 0.3) is 11.8 Å². The Morgan fingerprint density at radius 1 is 1.21 bits per heavy atom. The molecule has 2 amide bonds. The van der Waals surface area contributed by atoms with Crippen LogP contribution in [0.5, 0.6) is 0 Å². The number of benzene rings is 1. The van der Waals surface area contributed by atoms with Gasteiger partial charge in [0.2, 0.25) is 11.7 Å². The summed E-state index contributed by atoms with van der Waals surface area (Å²) in [7, 11) is 0. The number of aromatic nitrogens is 3. The number of alkyl halides is 3. The fourth-order valence-corrected chi connectivity index (χ4v) is 3.25. The summed E-state index contributed by atoms with van der Waals surface area (Å²) >= 11 is 0. The molecule has 172 valence electrons. The molecular weight excluding hydrogens is 443 g/mol. The van der Waals surface area contributed by atoms with Gasteiger partial charge in [-0.25, -0.2) is 4.98 Å². The first-order valence-corrected chi connectivity index (χ1v) is 9.97. The summed E-state index contributed by atoms with van der Waals surface area (Å²) in [6.45, 7) is -0.163. The fourth-order valence-electron chi connectivity index (χ4n) is 3.25. The van der Waals surface area contributed by atoms with E-state index >= 15 is 0 Å². The maximum atomic E-state index is 13.2. The van der Waals surface area contributed by atoms with Gasteiger partial charge in [-0.15, -0.1) is 0 Å². The second kappa shape index (κ2) is 8.88. The van der Waals surface area contributed by atoms with Crippen LogP contribution in [0, 0.1) is 5.92 Å². The van der Waals surface area contributed by atoms with E-state index in [-0.39, 0.29) is 23.9 Å². The van der Waals surface area contributed by atoms with Crippen LogP contribution < -0.4 is 10.6 Å². The van der Waals surface area contributed by atoms with Crippen LogP contribution in [0.25, 0.3) is 22.7 Å². The lowest BCUT2D eigenvalue weighted by Crippen LogP contribution is -2.47. The van der Waals surface area contributed by atoms with Gasteiger partial charge in [-0.2, -0.15) is 18.3 Å². The zero-order valence-corrected chi connectivity index (χ0v) is 17.0. The Hall–Kier alpha value is -3.96. The molecule has 4 rings (SSSR count). The van der Waals surface area contributed by atoms with E-state index in [1.165, 1.54) is 12.3 Å². The Kier molecular flexibility index (Phi) is 5.99. The van der Waals surface area contributed by atoms with Crippen molar-refractivity contribution in [3.63, 3.8) is 0 Å². The molecule has 1 aromatic carbocycles. The predicted molar refractivity (Wildman–Crippen MR) is 108 cm³/mol.